The smallest absolute Gasteiger partial charge is 0.307 e. The van der Waals surface area contributed by atoms with Crippen LogP contribution in [0.3, 0.4) is 0 Å². The Morgan fingerprint density at radius 3 is 2.50 bits per heavy atom. The summed E-state index contributed by atoms with van der Waals surface area (Å²) >= 11 is 0. The zero-order valence-corrected chi connectivity index (χ0v) is 12.9. The predicted molar refractivity (Wildman–Crippen MR) is 79.0 cm³/mol. The summed E-state index contributed by atoms with van der Waals surface area (Å²) in [7, 11) is 0. The molecule has 1 saturated carbocycles. The zero-order valence-electron chi connectivity index (χ0n) is 12.9. The van der Waals surface area contributed by atoms with Gasteiger partial charge in [-0.2, -0.15) is 0 Å². The van der Waals surface area contributed by atoms with Crippen molar-refractivity contribution in [1.29, 1.82) is 0 Å². The molecule has 2 aliphatic heterocycles. The molecule has 6 heteroatoms. The van der Waals surface area contributed by atoms with E-state index in [0.29, 0.717) is 26.1 Å². The molecule has 1 unspecified atom stereocenters. The number of piperidine rings is 1. The van der Waals surface area contributed by atoms with Crippen LogP contribution in [0.15, 0.2) is 0 Å². The number of aliphatic carboxylic acids is 1. The number of carbonyl (C=O) groups excluding carboxylic acids is 2. The molecule has 3 rings (SSSR count). The van der Waals surface area contributed by atoms with Gasteiger partial charge in [-0.1, -0.05) is 6.42 Å². The first-order chi connectivity index (χ1) is 10.5. The molecule has 0 aromatic rings. The summed E-state index contributed by atoms with van der Waals surface area (Å²) in [5.74, 6) is -0.808. The van der Waals surface area contributed by atoms with Crippen molar-refractivity contribution in [1.82, 2.24) is 9.80 Å². The molecule has 1 aliphatic carbocycles. The van der Waals surface area contributed by atoms with Gasteiger partial charge in [0.05, 0.1) is 12.5 Å². The van der Waals surface area contributed by atoms with Crippen LogP contribution in [0, 0.1) is 11.3 Å². The third kappa shape index (κ3) is 2.96. The van der Waals surface area contributed by atoms with Crippen LogP contribution in [0.4, 0.5) is 0 Å². The lowest BCUT2D eigenvalue weighted by molar-refractivity contribution is -0.142. The Morgan fingerprint density at radius 1 is 1.14 bits per heavy atom. The number of hydrogen-bond acceptors (Lipinski definition) is 3. The lowest BCUT2D eigenvalue weighted by Crippen LogP contribution is -2.46. The molecule has 1 spiro atoms. The van der Waals surface area contributed by atoms with Crippen molar-refractivity contribution in [2.75, 3.05) is 26.2 Å². The molecule has 2 heterocycles. The van der Waals surface area contributed by atoms with Gasteiger partial charge in [0.2, 0.25) is 11.8 Å². The van der Waals surface area contributed by atoms with Gasteiger partial charge in [-0.05, 0) is 37.5 Å². The van der Waals surface area contributed by atoms with Crippen molar-refractivity contribution in [2.45, 2.75) is 44.9 Å². The standard InChI is InChI=1S/C16H24N2O4/c19-13-4-2-1-3-7-18(13)11-14(20)17-8-5-16(6-9-17)10-12(16)15(21)22/h12H,1-11H2,(H,21,22). The topological polar surface area (TPSA) is 77.9 Å². The molecule has 2 amide bonds. The van der Waals surface area contributed by atoms with E-state index >= 15 is 0 Å². The van der Waals surface area contributed by atoms with Crippen molar-refractivity contribution in [3.63, 3.8) is 0 Å². The number of carboxylic acid groups (broad SMARTS) is 1. The van der Waals surface area contributed by atoms with Crippen LogP contribution in [0.1, 0.15) is 44.9 Å². The number of nitrogens with zero attached hydrogens (tertiary/aromatic N) is 2. The average molecular weight is 308 g/mol. The molecule has 6 nitrogen and oxygen atoms in total. The molecule has 0 radical (unpaired) electrons. The Morgan fingerprint density at radius 2 is 1.86 bits per heavy atom. The van der Waals surface area contributed by atoms with Crippen LogP contribution in [-0.4, -0.2) is 58.9 Å². The number of amides is 2. The molecule has 0 aromatic heterocycles. The van der Waals surface area contributed by atoms with Gasteiger partial charge < -0.3 is 14.9 Å². The highest BCUT2D eigenvalue weighted by molar-refractivity contribution is 5.85. The minimum Gasteiger partial charge on any atom is -0.481 e. The van der Waals surface area contributed by atoms with Gasteiger partial charge in [-0.25, -0.2) is 0 Å². The second kappa shape index (κ2) is 5.89. The fraction of sp³-hybridized carbons (Fsp3) is 0.812. The summed E-state index contributed by atoms with van der Waals surface area (Å²) in [5.41, 5.74) is -0.0545. The maximum atomic E-state index is 12.4. The fourth-order valence-electron chi connectivity index (χ4n) is 3.92. The van der Waals surface area contributed by atoms with Gasteiger partial charge in [0, 0.05) is 26.1 Å². The molecule has 1 atom stereocenters. The maximum absolute atomic E-state index is 12.4. The van der Waals surface area contributed by atoms with E-state index in [2.05, 4.69) is 0 Å². The molecule has 0 bridgehead atoms. The molecule has 3 fully saturated rings. The molecule has 2 saturated heterocycles. The zero-order chi connectivity index (χ0) is 15.7. The van der Waals surface area contributed by atoms with Crippen LogP contribution in [0.5, 0.6) is 0 Å². The number of hydrogen-bond donors (Lipinski definition) is 1. The van der Waals surface area contributed by atoms with Gasteiger partial charge in [0.15, 0.2) is 0 Å². The van der Waals surface area contributed by atoms with Gasteiger partial charge in [-0.15, -0.1) is 0 Å². The van der Waals surface area contributed by atoms with E-state index in [9.17, 15) is 14.4 Å². The van der Waals surface area contributed by atoms with Gasteiger partial charge in [0.25, 0.3) is 0 Å². The van der Waals surface area contributed by atoms with E-state index in [1.54, 1.807) is 9.80 Å². The fourth-order valence-corrected chi connectivity index (χ4v) is 3.92. The largest absolute Gasteiger partial charge is 0.481 e. The van der Waals surface area contributed by atoms with E-state index in [-0.39, 0.29) is 29.7 Å². The third-order valence-electron chi connectivity index (χ3n) is 5.60. The van der Waals surface area contributed by atoms with Crippen LogP contribution in [-0.2, 0) is 14.4 Å². The Labute approximate surface area is 130 Å². The summed E-state index contributed by atoms with van der Waals surface area (Å²) in [6, 6.07) is 0. The van der Waals surface area contributed by atoms with Crippen LogP contribution in [0.2, 0.25) is 0 Å². The molecular weight excluding hydrogens is 284 g/mol. The molecule has 0 aromatic carbocycles. The summed E-state index contributed by atoms with van der Waals surface area (Å²) in [4.78, 5) is 38.9. The highest BCUT2D eigenvalue weighted by Crippen LogP contribution is 2.59. The second-order valence-corrected chi connectivity index (χ2v) is 6.96. The van der Waals surface area contributed by atoms with Crippen molar-refractivity contribution in [3.05, 3.63) is 0 Å². The number of carboxylic acids is 1. The maximum Gasteiger partial charge on any atom is 0.307 e. The van der Waals surface area contributed by atoms with E-state index < -0.39 is 5.97 Å². The summed E-state index contributed by atoms with van der Waals surface area (Å²) < 4.78 is 0. The Bertz CT molecular complexity index is 483. The second-order valence-electron chi connectivity index (χ2n) is 6.96. The molecule has 1 N–H and O–H groups in total. The minimum atomic E-state index is -0.699. The minimum absolute atomic E-state index is 0.0117. The quantitative estimate of drug-likeness (QED) is 0.847. The SMILES string of the molecule is O=C(O)C1CC12CCN(C(=O)CN1CCCCCC1=O)CC2. The molecule has 3 aliphatic rings. The van der Waals surface area contributed by atoms with E-state index in [1.807, 2.05) is 0 Å². The molecule has 22 heavy (non-hydrogen) atoms. The first-order valence-electron chi connectivity index (χ1n) is 8.30. The number of carbonyl (C=O) groups is 3. The first-order valence-corrected chi connectivity index (χ1v) is 8.30. The molecular formula is C16H24N2O4. The normalized spacial score (nSPS) is 27.6. The van der Waals surface area contributed by atoms with Crippen molar-refractivity contribution >= 4 is 17.8 Å². The Hall–Kier alpha value is -1.59. The molecule has 122 valence electrons. The Balaban J connectivity index is 1.50. The average Bonchev–Trinajstić information content (AvgIpc) is 3.22. The van der Waals surface area contributed by atoms with Crippen molar-refractivity contribution < 1.29 is 19.5 Å². The van der Waals surface area contributed by atoms with Crippen molar-refractivity contribution in [3.8, 4) is 0 Å². The summed E-state index contributed by atoms with van der Waals surface area (Å²) in [5, 5.41) is 9.09. The summed E-state index contributed by atoms with van der Waals surface area (Å²) in [6.07, 6.45) is 5.83. The van der Waals surface area contributed by atoms with Crippen LogP contribution in [0.25, 0.3) is 0 Å². The summed E-state index contributed by atoms with van der Waals surface area (Å²) in [6.45, 7) is 2.13. The van der Waals surface area contributed by atoms with Crippen LogP contribution >= 0.6 is 0 Å². The van der Waals surface area contributed by atoms with Crippen LogP contribution < -0.4 is 0 Å². The number of rotatable bonds is 3. The highest BCUT2D eigenvalue weighted by Gasteiger charge is 2.59. The van der Waals surface area contributed by atoms with Gasteiger partial charge >= 0.3 is 5.97 Å². The number of likely N-dealkylation sites (tertiary alicyclic amines) is 2. The highest BCUT2D eigenvalue weighted by atomic mass is 16.4. The predicted octanol–water partition coefficient (Wildman–Crippen LogP) is 1.10. The third-order valence-corrected chi connectivity index (χ3v) is 5.60. The first kappa shape index (κ1) is 15.3. The van der Waals surface area contributed by atoms with E-state index in [4.69, 9.17) is 5.11 Å². The van der Waals surface area contributed by atoms with Gasteiger partial charge in [0.1, 0.15) is 0 Å². The lowest BCUT2D eigenvalue weighted by atomic mass is 9.91. The van der Waals surface area contributed by atoms with Crippen molar-refractivity contribution in [2.24, 2.45) is 11.3 Å². The Kier molecular flexibility index (Phi) is 4.10. The monoisotopic (exact) mass is 308 g/mol. The van der Waals surface area contributed by atoms with E-state index in [1.165, 1.54) is 0 Å². The van der Waals surface area contributed by atoms with Gasteiger partial charge in [-0.3, -0.25) is 14.4 Å². The lowest BCUT2D eigenvalue weighted by Gasteiger charge is -2.34. The van der Waals surface area contributed by atoms with E-state index in [0.717, 1.165) is 38.5 Å².